The fraction of sp³-hybridized carbons (Fsp3) is 0.533. The number of carbonyl (C=O) groups is 1. The topological polar surface area (TPSA) is 47.6 Å². The first-order valence-corrected chi connectivity index (χ1v) is 7.49. The summed E-state index contributed by atoms with van der Waals surface area (Å²) in [5.74, 6) is -0.324. The standard InChI is InChI=1S/C15H20BrNO3/c1-10-15(2,6-7-20-10)17-9-12-5-4-11(8-13(12)16)14(18)19-3/h4-5,8,10,17H,6-7,9H2,1-3H3. The largest absolute Gasteiger partial charge is 0.465 e. The quantitative estimate of drug-likeness (QED) is 0.855. The Morgan fingerprint density at radius 2 is 2.35 bits per heavy atom. The van der Waals surface area contributed by atoms with E-state index in [2.05, 4.69) is 35.1 Å². The van der Waals surface area contributed by atoms with Crippen LogP contribution < -0.4 is 5.32 Å². The first-order valence-electron chi connectivity index (χ1n) is 6.69. The molecule has 1 aliphatic heterocycles. The fourth-order valence-electron chi connectivity index (χ4n) is 2.30. The zero-order valence-corrected chi connectivity index (χ0v) is 13.6. The number of benzene rings is 1. The summed E-state index contributed by atoms with van der Waals surface area (Å²) in [6.07, 6.45) is 1.21. The van der Waals surface area contributed by atoms with Crippen LogP contribution >= 0.6 is 15.9 Å². The third kappa shape index (κ3) is 3.22. The van der Waals surface area contributed by atoms with Crippen LogP contribution in [-0.4, -0.2) is 31.3 Å². The van der Waals surface area contributed by atoms with Crippen molar-refractivity contribution in [2.24, 2.45) is 0 Å². The number of methoxy groups -OCH3 is 1. The molecule has 0 aromatic heterocycles. The molecule has 0 saturated carbocycles. The van der Waals surface area contributed by atoms with Crippen LogP contribution in [0, 0.1) is 0 Å². The molecule has 0 amide bonds. The summed E-state index contributed by atoms with van der Waals surface area (Å²) in [7, 11) is 1.38. The van der Waals surface area contributed by atoms with E-state index in [1.807, 2.05) is 6.07 Å². The molecule has 1 heterocycles. The van der Waals surface area contributed by atoms with Gasteiger partial charge in [-0.15, -0.1) is 0 Å². The Bertz CT molecular complexity index is 506. The van der Waals surface area contributed by atoms with Gasteiger partial charge < -0.3 is 14.8 Å². The maximum absolute atomic E-state index is 11.5. The molecule has 0 bridgehead atoms. The second-order valence-corrected chi connectivity index (χ2v) is 6.19. The zero-order chi connectivity index (χ0) is 14.8. The van der Waals surface area contributed by atoms with E-state index in [9.17, 15) is 4.79 Å². The summed E-state index contributed by atoms with van der Waals surface area (Å²) in [5.41, 5.74) is 1.66. The third-order valence-electron chi connectivity index (χ3n) is 4.04. The molecule has 0 radical (unpaired) electrons. The van der Waals surface area contributed by atoms with Gasteiger partial charge in [0, 0.05) is 23.2 Å². The maximum atomic E-state index is 11.5. The van der Waals surface area contributed by atoms with Crippen LogP contribution in [0.2, 0.25) is 0 Å². The number of esters is 1. The van der Waals surface area contributed by atoms with Crippen LogP contribution in [0.25, 0.3) is 0 Å². The van der Waals surface area contributed by atoms with Crippen LogP contribution in [0.4, 0.5) is 0 Å². The van der Waals surface area contributed by atoms with Gasteiger partial charge in [0.15, 0.2) is 0 Å². The van der Waals surface area contributed by atoms with Crippen LogP contribution in [0.1, 0.15) is 36.2 Å². The Hall–Kier alpha value is -0.910. The van der Waals surface area contributed by atoms with Gasteiger partial charge in [0.1, 0.15) is 0 Å². The Morgan fingerprint density at radius 3 is 2.90 bits per heavy atom. The molecule has 1 aromatic carbocycles. The molecule has 1 aliphatic rings. The van der Waals surface area contributed by atoms with E-state index >= 15 is 0 Å². The van der Waals surface area contributed by atoms with E-state index in [1.165, 1.54) is 7.11 Å². The van der Waals surface area contributed by atoms with E-state index in [0.717, 1.165) is 29.6 Å². The van der Waals surface area contributed by atoms with Crippen molar-refractivity contribution in [1.29, 1.82) is 0 Å². The van der Waals surface area contributed by atoms with Crippen LogP contribution in [-0.2, 0) is 16.0 Å². The molecular formula is C15H20BrNO3. The van der Waals surface area contributed by atoms with E-state index in [-0.39, 0.29) is 17.6 Å². The average molecular weight is 342 g/mol. The van der Waals surface area contributed by atoms with Crippen molar-refractivity contribution < 1.29 is 14.3 Å². The molecule has 1 N–H and O–H groups in total. The normalized spacial score (nSPS) is 25.7. The third-order valence-corrected chi connectivity index (χ3v) is 4.78. The Labute approximate surface area is 128 Å². The predicted octanol–water partition coefficient (Wildman–Crippen LogP) is 2.89. The molecular weight excluding hydrogens is 322 g/mol. The number of hydrogen-bond donors (Lipinski definition) is 1. The number of carbonyl (C=O) groups excluding carboxylic acids is 1. The van der Waals surface area contributed by atoms with Crippen molar-refractivity contribution >= 4 is 21.9 Å². The summed E-state index contributed by atoms with van der Waals surface area (Å²) in [6, 6.07) is 5.51. The Balaban J connectivity index is 2.05. The van der Waals surface area contributed by atoms with Gasteiger partial charge in [-0.05, 0) is 38.0 Å². The number of nitrogens with one attached hydrogen (secondary N) is 1. The molecule has 110 valence electrons. The van der Waals surface area contributed by atoms with E-state index < -0.39 is 0 Å². The van der Waals surface area contributed by atoms with Crippen molar-refractivity contribution in [3.05, 3.63) is 33.8 Å². The lowest BCUT2D eigenvalue weighted by Gasteiger charge is -2.29. The average Bonchev–Trinajstić information content (AvgIpc) is 2.76. The molecule has 1 fully saturated rings. The summed E-state index contributed by atoms with van der Waals surface area (Å²) in [4.78, 5) is 11.5. The second kappa shape index (κ2) is 6.24. The van der Waals surface area contributed by atoms with Gasteiger partial charge in [-0.1, -0.05) is 22.0 Å². The van der Waals surface area contributed by atoms with Crippen molar-refractivity contribution in [2.75, 3.05) is 13.7 Å². The summed E-state index contributed by atoms with van der Waals surface area (Å²) in [6.45, 7) is 5.80. The van der Waals surface area contributed by atoms with Gasteiger partial charge in [-0.25, -0.2) is 4.79 Å². The van der Waals surface area contributed by atoms with Gasteiger partial charge in [-0.3, -0.25) is 0 Å². The monoisotopic (exact) mass is 341 g/mol. The van der Waals surface area contributed by atoms with Crippen molar-refractivity contribution in [3.8, 4) is 0 Å². The van der Waals surface area contributed by atoms with Crippen molar-refractivity contribution in [2.45, 2.75) is 38.5 Å². The maximum Gasteiger partial charge on any atom is 0.337 e. The predicted molar refractivity (Wildman–Crippen MR) is 80.8 cm³/mol. The van der Waals surface area contributed by atoms with Crippen molar-refractivity contribution in [1.82, 2.24) is 5.32 Å². The number of hydrogen-bond acceptors (Lipinski definition) is 4. The summed E-state index contributed by atoms with van der Waals surface area (Å²) < 4.78 is 11.2. The highest BCUT2D eigenvalue weighted by Gasteiger charge is 2.36. The minimum atomic E-state index is -0.324. The van der Waals surface area contributed by atoms with Gasteiger partial charge in [-0.2, -0.15) is 0 Å². The summed E-state index contributed by atoms with van der Waals surface area (Å²) in [5, 5.41) is 3.56. The number of ether oxygens (including phenoxy) is 2. The fourth-order valence-corrected chi connectivity index (χ4v) is 2.82. The highest BCUT2D eigenvalue weighted by molar-refractivity contribution is 9.10. The molecule has 2 unspecified atom stereocenters. The smallest absolute Gasteiger partial charge is 0.337 e. The van der Waals surface area contributed by atoms with Crippen LogP contribution in [0.5, 0.6) is 0 Å². The molecule has 5 heteroatoms. The van der Waals surface area contributed by atoms with Crippen molar-refractivity contribution in [3.63, 3.8) is 0 Å². The molecule has 1 aromatic rings. The minimum absolute atomic E-state index is 0.000457. The lowest BCUT2D eigenvalue weighted by molar-refractivity contribution is 0.0600. The number of halogens is 1. The zero-order valence-electron chi connectivity index (χ0n) is 12.0. The lowest BCUT2D eigenvalue weighted by atomic mass is 9.94. The molecule has 0 spiro atoms. The highest BCUT2D eigenvalue weighted by atomic mass is 79.9. The Kier molecular flexibility index (Phi) is 4.83. The lowest BCUT2D eigenvalue weighted by Crippen LogP contribution is -2.47. The Morgan fingerprint density at radius 1 is 1.60 bits per heavy atom. The number of rotatable bonds is 4. The molecule has 2 rings (SSSR count). The second-order valence-electron chi connectivity index (χ2n) is 5.33. The van der Waals surface area contributed by atoms with E-state index in [4.69, 9.17) is 9.47 Å². The molecule has 1 saturated heterocycles. The van der Waals surface area contributed by atoms with Gasteiger partial charge in [0.25, 0.3) is 0 Å². The van der Waals surface area contributed by atoms with Crippen LogP contribution in [0.15, 0.2) is 22.7 Å². The first-order chi connectivity index (χ1) is 9.46. The first kappa shape index (κ1) is 15.5. The van der Waals surface area contributed by atoms with E-state index in [0.29, 0.717) is 5.56 Å². The van der Waals surface area contributed by atoms with Gasteiger partial charge in [0.2, 0.25) is 0 Å². The van der Waals surface area contributed by atoms with Gasteiger partial charge >= 0.3 is 5.97 Å². The minimum Gasteiger partial charge on any atom is -0.465 e. The van der Waals surface area contributed by atoms with E-state index in [1.54, 1.807) is 12.1 Å². The molecule has 2 atom stereocenters. The highest BCUT2D eigenvalue weighted by Crippen LogP contribution is 2.26. The van der Waals surface area contributed by atoms with Gasteiger partial charge in [0.05, 0.1) is 18.8 Å². The molecule has 4 nitrogen and oxygen atoms in total. The van der Waals surface area contributed by atoms with Crippen LogP contribution in [0.3, 0.4) is 0 Å². The SMILES string of the molecule is COC(=O)c1ccc(CNC2(C)CCOC2C)c(Br)c1. The molecule has 20 heavy (non-hydrogen) atoms. The summed E-state index contributed by atoms with van der Waals surface area (Å²) >= 11 is 3.51. The molecule has 0 aliphatic carbocycles.